The largest absolute Gasteiger partial charge is 0.337 e. The van der Waals surface area contributed by atoms with Gasteiger partial charge in [0, 0.05) is 31.0 Å². The van der Waals surface area contributed by atoms with Crippen molar-refractivity contribution in [3.63, 3.8) is 0 Å². The molecule has 1 aliphatic heterocycles. The first kappa shape index (κ1) is 14.6. The number of nitrogens with zero attached hydrogens (tertiary/aromatic N) is 5. The quantitative estimate of drug-likeness (QED) is 0.731. The number of imidazole rings is 1. The van der Waals surface area contributed by atoms with Gasteiger partial charge < -0.3 is 9.47 Å². The van der Waals surface area contributed by atoms with Gasteiger partial charge in [0.2, 0.25) is 5.13 Å². The van der Waals surface area contributed by atoms with Crippen molar-refractivity contribution in [3.8, 4) is 0 Å². The Bertz CT molecular complexity index is 821. The molecule has 0 N–H and O–H groups in total. The van der Waals surface area contributed by atoms with Crippen LogP contribution in [0.1, 0.15) is 44.4 Å². The molecule has 1 fully saturated rings. The lowest BCUT2D eigenvalue weighted by molar-refractivity contribution is 0.608. The lowest BCUT2D eigenvalue weighted by atomic mass is 10.2. The number of anilines is 1. The molecule has 120 valence electrons. The van der Waals surface area contributed by atoms with Gasteiger partial charge in [-0.1, -0.05) is 19.1 Å². The second-order valence-corrected chi connectivity index (χ2v) is 6.63. The smallest absolute Gasteiger partial charge is 0.205 e. The standard InChI is InChI=1S/C17H21N5S/c1-3-15-19-17(23-20-15)22-11-7-10-14(22)16-18-12-8-5-6-9-13(12)21(16)4-2/h5-6,8-9,14H,3-4,7,10-11H2,1-2H3. The minimum atomic E-state index is 0.306. The Balaban J connectivity index is 1.76. The highest BCUT2D eigenvalue weighted by molar-refractivity contribution is 7.09. The van der Waals surface area contributed by atoms with Gasteiger partial charge >= 0.3 is 0 Å². The van der Waals surface area contributed by atoms with Crippen molar-refractivity contribution >= 4 is 27.7 Å². The highest BCUT2D eigenvalue weighted by Crippen LogP contribution is 2.37. The van der Waals surface area contributed by atoms with Crippen molar-refractivity contribution in [1.29, 1.82) is 0 Å². The Labute approximate surface area is 140 Å². The maximum atomic E-state index is 4.95. The van der Waals surface area contributed by atoms with Gasteiger partial charge in [0.25, 0.3) is 0 Å². The normalized spacial score (nSPS) is 18.2. The first-order valence-corrected chi connectivity index (χ1v) is 9.13. The van der Waals surface area contributed by atoms with Gasteiger partial charge in [0.05, 0.1) is 17.1 Å². The van der Waals surface area contributed by atoms with Gasteiger partial charge in [-0.25, -0.2) is 9.97 Å². The van der Waals surface area contributed by atoms with Crippen molar-refractivity contribution in [2.45, 2.75) is 45.7 Å². The summed E-state index contributed by atoms with van der Waals surface area (Å²) in [6, 6.07) is 8.72. The van der Waals surface area contributed by atoms with E-state index in [0.717, 1.165) is 42.4 Å². The third-order valence-electron chi connectivity index (χ3n) is 4.57. The number of benzene rings is 1. The minimum absolute atomic E-state index is 0.306. The van der Waals surface area contributed by atoms with Crippen LogP contribution in [0.4, 0.5) is 5.13 Å². The van der Waals surface area contributed by atoms with Crippen molar-refractivity contribution in [3.05, 3.63) is 35.9 Å². The summed E-state index contributed by atoms with van der Waals surface area (Å²) in [6.07, 6.45) is 3.20. The van der Waals surface area contributed by atoms with E-state index in [1.807, 2.05) is 0 Å². The molecule has 5 nitrogen and oxygen atoms in total. The molecule has 1 aromatic carbocycles. The summed E-state index contributed by atoms with van der Waals surface area (Å²) in [5, 5.41) is 1.04. The number of rotatable bonds is 4. The number of aromatic nitrogens is 4. The lowest BCUT2D eigenvalue weighted by Gasteiger charge is -2.23. The third-order valence-corrected chi connectivity index (χ3v) is 5.36. The third kappa shape index (κ3) is 2.41. The van der Waals surface area contributed by atoms with Crippen LogP contribution in [0.3, 0.4) is 0 Å². The zero-order valence-corrected chi connectivity index (χ0v) is 14.4. The summed E-state index contributed by atoms with van der Waals surface area (Å²) in [6.45, 7) is 6.27. The summed E-state index contributed by atoms with van der Waals surface area (Å²) in [4.78, 5) is 12.0. The molecule has 23 heavy (non-hydrogen) atoms. The number of hydrogen-bond acceptors (Lipinski definition) is 5. The molecule has 1 aliphatic rings. The SMILES string of the molecule is CCc1nsc(N2CCCC2c2nc3ccccc3n2CC)n1. The molecule has 0 amide bonds. The molecule has 1 atom stereocenters. The van der Waals surface area contributed by atoms with Gasteiger partial charge in [-0.2, -0.15) is 4.37 Å². The number of para-hydroxylation sites is 2. The second-order valence-electron chi connectivity index (χ2n) is 5.90. The zero-order valence-electron chi connectivity index (χ0n) is 13.6. The van der Waals surface area contributed by atoms with Crippen molar-refractivity contribution < 1.29 is 0 Å². The lowest BCUT2D eigenvalue weighted by Crippen LogP contribution is -2.25. The van der Waals surface area contributed by atoms with Crippen molar-refractivity contribution in [2.24, 2.45) is 0 Å². The van der Waals surface area contributed by atoms with E-state index in [0.29, 0.717) is 6.04 Å². The summed E-state index contributed by atoms with van der Waals surface area (Å²) < 4.78 is 6.80. The summed E-state index contributed by atoms with van der Waals surface area (Å²) in [5.74, 6) is 2.11. The molecule has 0 spiro atoms. The molecular weight excluding hydrogens is 306 g/mol. The minimum Gasteiger partial charge on any atom is -0.337 e. The Morgan fingerprint density at radius 2 is 2.09 bits per heavy atom. The van der Waals surface area contributed by atoms with Crippen LogP contribution in [0.25, 0.3) is 11.0 Å². The van der Waals surface area contributed by atoms with Gasteiger partial charge in [0.1, 0.15) is 11.6 Å². The molecule has 6 heteroatoms. The van der Waals surface area contributed by atoms with Crippen LogP contribution in [0, 0.1) is 0 Å². The molecule has 0 bridgehead atoms. The molecule has 0 saturated carbocycles. The Morgan fingerprint density at radius 1 is 1.22 bits per heavy atom. The fourth-order valence-electron chi connectivity index (χ4n) is 3.45. The number of hydrogen-bond donors (Lipinski definition) is 0. The van der Waals surface area contributed by atoms with Gasteiger partial charge in [-0.05, 0) is 31.9 Å². The molecule has 3 aromatic rings. The molecule has 0 radical (unpaired) electrons. The van der Waals surface area contributed by atoms with Crippen LogP contribution in [0.15, 0.2) is 24.3 Å². The molecule has 3 heterocycles. The highest BCUT2D eigenvalue weighted by Gasteiger charge is 2.32. The van der Waals surface area contributed by atoms with E-state index in [9.17, 15) is 0 Å². The first-order valence-electron chi connectivity index (χ1n) is 8.36. The molecular formula is C17H21N5S. The van der Waals surface area contributed by atoms with Crippen molar-refractivity contribution in [1.82, 2.24) is 18.9 Å². The maximum absolute atomic E-state index is 4.95. The van der Waals surface area contributed by atoms with Crippen LogP contribution in [-0.2, 0) is 13.0 Å². The molecule has 1 unspecified atom stereocenters. The van der Waals surface area contributed by atoms with E-state index in [-0.39, 0.29) is 0 Å². The van der Waals surface area contributed by atoms with E-state index in [2.05, 4.69) is 52.0 Å². The molecule has 1 saturated heterocycles. The Hall–Kier alpha value is -1.95. The van der Waals surface area contributed by atoms with Crippen LogP contribution in [0.5, 0.6) is 0 Å². The summed E-state index contributed by atoms with van der Waals surface area (Å²) >= 11 is 1.52. The van der Waals surface area contributed by atoms with Gasteiger partial charge in [-0.3, -0.25) is 0 Å². The predicted molar refractivity (Wildman–Crippen MR) is 94.0 cm³/mol. The van der Waals surface area contributed by atoms with Crippen LogP contribution < -0.4 is 4.90 Å². The monoisotopic (exact) mass is 327 g/mol. The maximum Gasteiger partial charge on any atom is 0.205 e. The highest BCUT2D eigenvalue weighted by atomic mass is 32.1. The van der Waals surface area contributed by atoms with E-state index in [4.69, 9.17) is 9.97 Å². The average molecular weight is 327 g/mol. The van der Waals surface area contributed by atoms with E-state index in [1.54, 1.807) is 0 Å². The van der Waals surface area contributed by atoms with Crippen molar-refractivity contribution in [2.75, 3.05) is 11.4 Å². The summed E-state index contributed by atoms with van der Waals surface area (Å²) in [5.41, 5.74) is 2.31. The van der Waals surface area contributed by atoms with Crippen LogP contribution in [-0.4, -0.2) is 25.5 Å². The van der Waals surface area contributed by atoms with Crippen LogP contribution in [0.2, 0.25) is 0 Å². The van der Waals surface area contributed by atoms with E-state index < -0.39 is 0 Å². The van der Waals surface area contributed by atoms with Gasteiger partial charge in [-0.15, -0.1) is 0 Å². The molecule has 4 rings (SSSR count). The molecule has 0 aliphatic carbocycles. The van der Waals surface area contributed by atoms with E-state index in [1.165, 1.54) is 29.3 Å². The average Bonchev–Trinajstić information content (AvgIpc) is 3.30. The van der Waals surface area contributed by atoms with Gasteiger partial charge in [0.15, 0.2) is 0 Å². The Kier molecular flexibility index (Phi) is 3.77. The zero-order chi connectivity index (χ0) is 15.8. The fraction of sp³-hybridized carbons (Fsp3) is 0.471. The summed E-state index contributed by atoms with van der Waals surface area (Å²) in [7, 11) is 0. The topological polar surface area (TPSA) is 46.8 Å². The second kappa shape index (κ2) is 5.92. The van der Waals surface area contributed by atoms with E-state index >= 15 is 0 Å². The Morgan fingerprint density at radius 3 is 2.87 bits per heavy atom. The first-order chi connectivity index (χ1) is 11.3. The molecule has 2 aromatic heterocycles. The number of aryl methyl sites for hydroxylation is 2. The number of fused-ring (bicyclic) bond motifs is 1. The fourth-order valence-corrected chi connectivity index (χ4v) is 4.28. The van der Waals surface area contributed by atoms with Crippen LogP contribution >= 0.6 is 11.5 Å². The predicted octanol–water partition coefficient (Wildman–Crippen LogP) is 3.81.